The van der Waals surface area contributed by atoms with Crippen LogP contribution in [0.25, 0.3) is 5.52 Å². The standard InChI is InChI=1S/C20H21F3N4O4S/c1-4-31-19(28)14-8-12(3)9-24-15(14)10-25-18-17(32(29,30)5-2)16-7-6-13(20(21,22)23)11-27(16)26-18/h6-9,11H,4-5,10H2,1-3H3,(H,25,26). The lowest BCUT2D eigenvalue weighted by atomic mass is 10.1. The molecular weight excluding hydrogens is 449 g/mol. The Morgan fingerprint density at radius 3 is 2.59 bits per heavy atom. The second kappa shape index (κ2) is 8.77. The maximum absolute atomic E-state index is 13.1. The van der Waals surface area contributed by atoms with Crippen LogP contribution in [0.5, 0.6) is 0 Å². The van der Waals surface area contributed by atoms with Crippen molar-refractivity contribution in [2.24, 2.45) is 0 Å². The van der Waals surface area contributed by atoms with Crippen molar-refractivity contribution < 1.29 is 31.1 Å². The molecule has 0 saturated heterocycles. The van der Waals surface area contributed by atoms with E-state index >= 15 is 0 Å². The summed E-state index contributed by atoms with van der Waals surface area (Å²) in [6.07, 6.45) is -2.36. The predicted octanol–water partition coefficient (Wildman–Crippen LogP) is 3.64. The number of carbonyl (C=O) groups is 1. The third-order valence-electron chi connectivity index (χ3n) is 4.63. The second-order valence-electron chi connectivity index (χ2n) is 6.91. The van der Waals surface area contributed by atoms with Crippen molar-refractivity contribution in [3.63, 3.8) is 0 Å². The van der Waals surface area contributed by atoms with Crippen LogP contribution in [0.3, 0.4) is 0 Å². The van der Waals surface area contributed by atoms with E-state index in [4.69, 9.17) is 4.74 Å². The molecule has 8 nitrogen and oxygen atoms in total. The van der Waals surface area contributed by atoms with Gasteiger partial charge in [-0.15, -0.1) is 5.10 Å². The van der Waals surface area contributed by atoms with Crippen molar-refractivity contribution in [1.29, 1.82) is 0 Å². The highest BCUT2D eigenvalue weighted by atomic mass is 32.2. The number of carbonyl (C=O) groups excluding carboxylic acids is 1. The van der Waals surface area contributed by atoms with Gasteiger partial charge >= 0.3 is 12.1 Å². The molecule has 3 rings (SSSR count). The predicted molar refractivity (Wildman–Crippen MR) is 110 cm³/mol. The van der Waals surface area contributed by atoms with E-state index in [-0.39, 0.29) is 46.4 Å². The molecule has 0 fully saturated rings. The molecule has 0 aliphatic heterocycles. The van der Waals surface area contributed by atoms with E-state index in [1.807, 2.05) is 0 Å². The zero-order chi connectivity index (χ0) is 23.7. The van der Waals surface area contributed by atoms with Crippen LogP contribution in [-0.2, 0) is 27.3 Å². The van der Waals surface area contributed by atoms with Gasteiger partial charge in [0.25, 0.3) is 0 Å². The molecule has 12 heteroatoms. The zero-order valence-corrected chi connectivity index (χ0v) is 18.3. The van der Waals surface area contributed by atoms with Gasteiger partial charge < -0.3 is 10.1 Å². The average molecular weight is 470 g/mol. The summed E-state index contributed by atoms with van der Waals surface area (Å²) in [6, 6.07) is 3.46. The Bertz CT molecular complexity index is 1270. The van der Waals surface area contributed by atoms with Crippen molar-refractivity contribution in [1.82, 2.24) is 14.6 Å². The molecule has 0 aliphatic carbocycles. The number of fused-ring (bicyclic) bond motifs is 1. The van der Waals surface area contributed by atoms with Gasteiger partial charge in [0.1, 0.15) is 4.90 Å². The third-order valence-corrected chi connectivity index (χ3v) is 6.41. The van der Waals surface area contributed by atoms with Gasteiger partial charge in [-0.25, -0.2) is 17.7 Å². The van der Waals surface area contributed by atoms with E-state index in [1.165, 1.54) is 13.1 Å². The summed E-state index contributed by atoms with van der Waals surface area (Å²) >= 11 is 0. The molecule has 3 aromatic rings. The number of alkyl halides is 3. The normalized spacial score (nSPS) is 12.2. The quantitative estimate of drug-likeness (QED) is 0.526. The highest BCUT2D eigenvalue weighted by molar-refractivity contribution is 7.91. The minimum Gasteiger partial charge on any atom is -0.462 e. The van der Waals surface area contributed by atoms with E-state index in [9.17, 15) is 26.4 Å². The Kier molecular flexibility index (Phi) is 6.44. The van der Waals surface area contributed by atoms with Gasteiger partial charge in [0.15, 0.2) is 15.7 Å². The van der Waals surface area contributed by atoms with E-state index in [2.05, 4.69) is 15.4 Å². The first-order valence-corrected chi connectivity index (χ1v) is 11.3. The Morgan fingerprint density at radius 2 is 1.97 bits per heavy atom. The van der Waals surface area contributed by atoms with Crippen molar-refractivity contribution in [3.05, 3.63) is 53.0 Å². The number of pyridine rings is 2. The van der Waals surface area contributed by atoms with Gasteiger partial charge in [-0.3, -0.25) is 4.98 Å². The van der Waals surface area contributed by atoms with Crippen molar-refractivity contribution in [2.45, 2.75) is 38.4 Å². The van der Waals surface area contributed by atoms with Gasteiger partial charge in [-0.1, -0.05) is 6.92 Å². The molecule has 0 amide bonds. The number of aromatic nitrogens is 3. The highest BCUT2D eigenvalue weighted by Gasteiger charge is 2.32. The first-order valence-electron chi connectivity index (χ1n) is 9.66. The van der Waals surface area contributed by atoms with Crippen LogP contribution < -0.4 is 5.32 Å². The van der Waals surface area contributed by atoms with Gasteiger partial charge in [-0.2, -0.15) is 13.2 Å². The summed E-state index contributed by atoms with van der Waals surface area (Å²) in [4.78, 5) is 16.3. The van der Waals surface area contributed by atoms with E-state index < -0.39 is 27.5 Å². The van der Waals surface area contributed by atoms with Crippen LogP contribution in [0, 0.1) is 6.92 Å². The third kappa shape index (κ3) is 4.69. The molecule has 1 N–H and O–H groups in total. The number of ether oxygens (including phenoxy) is 1. The number of aryl methyl sites for hydroxylation is 1. The number of rotatable bonds is 7. The van der Waals surface area contributed by atoms with Crippen LogP contribution in [0.1, 0.15) is 41.0 Å². The summed E-state index contributed by atoms with van der Waals surface area (Å²) < 4.78 is 70.5. The Labute approximate surface area is 182 Å². The summed E-state index contributed by atoms with van der Waals surface area (Å²) in [7, 11) is -3.85. The fourth-order valence-electron chi connectivity index (χ4n) is 3.05. The minimum atomic E-state index is -4.61. The molecule has 172 valence electrons. The fraction of sp³-hybridized carbons (Fsp3) is 0.350. The molecule has 0 bridgehead atoms. The van der Waals surface area contributed by atoms with E-state index in [0.717, 1.165) is 28.4 Å². The molecule has 3 aromatic heterocycles. The zero-order valence-electron chi connectivity index (χ0n) is 17.5. The molecular formula is C20H21F3N4O4S. The Balaban J connectivity index is 2.06. The molecule has 0 aliphatic rings. The van der Waals surface area contributed by atoms with Crippen LogP contribution in [0.2, 0.25) is 0 Å². The Morgan fingerprint density at radius 1 is 1.25 bits per heavy atom. The van der Waals surface area contributed by atoms with Gasteiger partial charge in [0.05, 0.1) is 41.2 Å². The Hall–Kier alpha value is -3.15. The number of hydrogen-bond acceptors (Lipinski definition) is 7. The average Bonchev–Trinajstić information content (AvgIpc) is 3.10. The monoisotopic (exact) mass is 470 g/mol. The topological polar surface area (TPSA) is 103 Å². The maximum atomic E-state index is 13.1. The largest absolute Gasteiger partial charge is 0.462 e. The first-order chi connectivity index (χ1) is 15.0. The summed E-state index contributed by atoms with van der Waals surface area (Å²) in [5.74, 6) is -1.00. The molecule has 0 radical (unpaired) electrons. The van der Waals surface area contributed by atoms with Gasteiger partial charge in [0.2, 0.25) is 0 Å². The number of esters is 1. The lowest BCUT2D eigenvalue weighted by molar-refractivity contribution is -0.137. The van der Waals surface area contributed by atoms with Gasteiger partial charge in [0, 0.05) is 12.4 Å². The van der Waals surface area contributed by atoms with Gasteiger partial charge in [-0.05, 0) is 37.6 Å². The minimum absolute atomic E-state index is 0.00447. The van der Waals surface area contributed by atoms with E-state index in [1.54, 1.807) is 19.9 Å². The molecule has 0 atom stereocenters. The summed E-state index contributed by atoms with van der Waals surface area (Å²) in [6.45, 7) is 4.89. The number of nitrogens with zero attached hydrogens (tertiary/aromatic N) is 3. The van der Waals surface area contributed by atoms with Crippen molar-refractivity contribution in [2.75, 3.05) is 17.7 Å². The SMILES string of the molecule is CCOC(=O)c1cc(C)cnc1CNc1nn2cc(C(F)(F)F)ccc2c1S(=O)(=O)CC. The van der Waals surface area contributed by atoms with Crippen LogP contribution in [0.15, 0.2) is 35.5 Å². The van der Waals surface area contributed by atoms with Crippen LogP contribution >= 0.6 is 0 Å². The number of nitrogens with one attached hydrogen (secondary N) is 1. The second-order valence-corrected chi connectivity index (χ2v) is 9.12. The number of halogens is 3. The van der Waals surface area contributed by atoms with Crippen LogP contribution in [-0.4, -0.2) is 41.3 Å². The maximum Gasteiger partial charge on any atom is 0.417 e. The molecule has 0 unspecified atom stereocenters. The molecule has 32 heavy (non-hydrogen) atoms. The number of sulfone groups is 1. The lowest BCUT2D eigenvalue weighted by Gasteiger charge is -2.10. The first kappa shape index (κ1) is 23.5. The van der Waals surface area contributed by atoms with Crippen molar-refractivity contribution in [3.8, 4) is 0 Å². The van der Waals surface area contributed by atoms with Crippen LogP contribution in [0.4, 0.5) is 19.0 Å². The molecule has 3 heterocycles. The highest BCUT2D eigenvalue weighted by Crippen LogP contribution is 2.33. The summed E-state index contributed by atoms with van der Waals surface area (Å²) in [5, 5.41) is 6.84. The number of hydrogen-bond donors (Lipinski definition) is 1. The lowest BCUT2D eigenvalue weighted by Crippen LogP contribution is -2.14. The summed E-state index contributed by atoms with van der Waals surface area (Å²) in [5.41, 5.74) is 0.233. The fourth-order valence-corrected chi connectivity index (χ4v) is 4.23. The molecule has 0 aromatic carbocycles. The molecule has 0 saturated carbocycles. The van der Waals surface area contributed by atoms with E-state index in [0.29, 0.717) is 0 Å². The van der Waals surface area contributed by atoms with Crippen molar-refractivity contribution >= 4 is 27.1 Å². The number of anilines is 1. The molecule has 0 spiro atoms. The smallest absolute Gasteiger partial charge is 0.417 e.